The second-order valence-corrected chi connectivity index (χ2v) is 7.74. The topological polar surface area (TPSA) is 49.3 Å². The molecule has 0 radical (unpaired) electrons. The van der Waals surface area contributed by atoms with E-state index in [1.807, 2.05) is 39.0 Å². The van der Waals surface area contributed by atoms with Crippen molar-refractivity contribution in [2.75, 3.05) is 0 Å². The van der Waals surface area contributed by atoms with E-state index in [1.54, 1.807) is 12.1 Å². The first-order valence-electron chi connectivity index (χ1n) is 7.08. The maximum Gasteiger partial charge on any atom is 0.251 e. The lowest BCUT2D eigenvalue weighted by atomic mass is 9.85. The molecule has 0 heterocycles. The van der Waals surface area contributed by atoms with Crippen LogP contribution in [0.1, 0.15) is 40.2 Å². The van der Waals surface area contributed by atoms with Crippen LogP contribution in [0.4, 0.5) is 0 Å². The highest BCUT2D eigenvalue weighted by atomic mass is 35.5. The molecular formula is C17H23Cl2NO2. The number of carbonyl (C=O) groups is 1. The highest BCUT2D eigenvalue weighted by molar-refractivity contribution is 6.35. The van der Waals surface area contributed by atoms with Gasteiger partial charge in [0.2, 0.25) is 0 Å². The number of nitrogens with one attached hydrogen (secondary N) is 1. The van der Waals surface area contributed by atoms with Crippen LogP contribution in [0.2, 0.25) is 10.0 Å². The summed E-state index contributed by atoms with van der Waals surface area (Å²) in [5.74, 6) is -0.417. The molecule has 0 aromatic heterocycles. The van der Waals surface area contributed by atoms with Crippen molar-refractivity contribution in [3.63, 3.8) is 0 Å². The fraction of sp³-hybridized carbons (Fsp3) is 0.471. The van der Waals surface area contributed by atoms with Crippen molar-refractivity contribution < 1.29 is 9.90 Å². The van der Waals surface area contributed by atoms with Crippen molar-refractivity contribution in [2.24, 2.45) is 5.41 Å². The van der Waals surface area contributed by atoms with E-state index in [0.717, 1.165) is 5.56 Å². The Morgan fingerprint density at radius 2 is 1.82 bits per heavy atom. The number of aliphatic hydroxyl groups is 1. The van der Waals surface area contributed by atoms with Gasteiger partial charge in [0.15, 0.2) is 0 Å². The third-order valence-corrected chi connectivity index (χ3v) is 3.77. The average molecular weight is 344 g/mol. The Bertz CT molecular complexity index is 569. The van der Waals surface area contributed by atoms with Crippen molar-refractivity contribution >= 4 is 35.2 Å². The molecule has 1 amide bonds. The van der Waals surface area contributed by atoms with Gasteiger partial charge >= 0.3 is 0 Å². The largest absolute Gasteiger partial charge is 0.381 e. The zero-order chi connectivity index (χ0) is 17.1. The van der Waals surface area contributed by atoms with Gasteiger partial charge in [-0.05, 0) is 37.0 Å². The standard InChI is InChI=1S/C17H23Cl2NO2/c1-16(2,3)14(20-15(21)17(4,5)22)9-7-11-6-8-12(18)10-13(11)19/h6-10,14,22H,1-5H3,(H,20,21)/b9-7+/t14-/m1/s1. The number of rotatable bonds is 4. The van der Waals surface area contributed by atoms with Crippen molar-refractivity contribution in [3.05, 3.63) is 39.9 Å². The van der Waals surface area contributed by atoms with Crippen molar-refractivity contribution in [3.8, 4) is 0 Å². The third kappa shape index (κ3) is 5.64. The van der Waals surface area contributed by atoms with Gasteiger partial charge in [0, 0.05) is 10.0 Å². The number of amides is 1. The fourth-order valence-electron chi connectivity index (χ4n) is 1.71. The van der Waals surface area contributed by atoms with E-state index in [9.17, 15) is 9.90 Å². The van der Waals surface area contributed by atoms with Crippen LogP contribution >= 0.6 is 23.2 Å². The molecule has 5 heteroatoms. The molecule has 0 spiro atoms. The molecule has 0 saturated heterocycles. The summed E-state index contributed by atoms with van der Waals surface area (Å²) < 4.78 is 0. The summed E-state index contributed by atoms with van der Waals surface area (Å²) in [7, 11) is 0. The molecule has 0 fully saturated rings. The lowest BCUT2D eigenvalue weighted by molar-refractivity contribution is -0.137. The minimum absolute atomic E-state index is 0.212. The summed E-state index contributed by atoms with van der Waals surface area (Å²) in [4.78, 5) is 12.0. The molecular weight excluding hydrogens is 321 g/mol. The lowest BCUT2D eigenvalue weighted by Crippen LogP contribution is -2.50. The minimum atomic E-state index is -1.42. The summed E-state index contributed by atoms with van der Waals surface area (Å²) in [6, 6.07) is 5.00. The Hall–Kier alpha value is -1.03. The van der Waals surface area contributed by atoms with Crippen molar-refractivity contribution in [1.29, 1.82) is 0 Å². The Kier molecular flexibility index (Phi) is 6.08. The lowest BCUT2D eigenvalue weighted by Gasteiger charge is -2.31. The number of hydrogen-bond donors (Lipinski definition) is 2. The highest BCUT2D eigenvalue weighted by Gasteiger charge is 2.30. The Labute approximate surface area is 142 Å². The molecule has 0 aliphatic carbocycles. The van der Waals surface area contributed by atoms with E-state index >= 15 is 0 Å². The van der Waals surface area contributed by atoms with Crippen LogP contribution < -0.4 is 5.32 Å². The summed E-state index contributed by atoms with van der Waals surface area (Å²) in [6.07, 6.45) is 3.72. The maximum atomic E-state index is 12.0. The fourth-order valence-corrected chi connectivity index (χ4v) is 2.18. The maximum absolute atomic E-state index is 12.0. The second-order valence-electron chi connectivity index (χ2n) is 6.90. The molecule has 0 bridgehead atoms. The summed E-state index contributed by atoms with van der Waals surface area (Å²) in [5, 5.41) is 13.8. The molecule has 3 nitrogen and oxygen atoms in total. The predicted molar refractivity (Wildman–Crippen MR) is 93.2 cm³/mol. The average Bonchev–Trinajstić information content (AvgIpc) is 2.33. The molecule has 0 aliphatic rings. The first-order valence-corrected chi connectivity index (χ1v) is 7.83. The summed E-state index contributed by atoms with van der Waals surface area (Å²) in [5.41, 5.74) is -0.816. The first-order chi connectivity index (χ1) is 9.91. The molecule has 0 unspecified atom stereocenters. The van der Waals surface area contributed by atoms with Crippen LogP contribution in [-0.2, 0) is 4.79 Å². The molecule has 122 valence electrons. The number of benzene rings is 1. The first kappa shape index (κ1) is 19.0. The van der Waals surface area contributed by atoms with Crippen LogP contribution in [0, 0.1) is 5.41 Å². The van der Waals surface area contributed by atoms with Gasteiger partial charge in [-0.15, -0.1) is 0 Å². The van der Waals surface area contributed by atoms with Gasteiger partial charge in [-0.3, -0.25) is 4.79 Å². The highest BCUT2D eigenvalue weighted by Crippen LogP contribution is 2.25. The SMILES string of the molecule is CC(C)(O)C(=O)N[C@H](/C=C/c1ccc(Cl)cc1Cl)C(C)(C)C. The van der Waals surface area contributed by atoms with Crippen molar-refractivity contribution in [1.82, 2.24) is 5.32 Å². The zero-order valence-corrected chi connectivity index (χ0v) is 15.1. The van der Waals surface area contributed by atoms with Crippen LogP contribution in [0.5, 0.6) is 0 Å². The number of hydrogen-bond acceptors (Lipinski definition) is 2. The molecule has 22 heavy (non-hydrogen) atoms. The number of carbonyl (C=O) groups excluding carboxylic acids is 1. The molecule has 1 aromatic rings. The molecule has 1 aromatic carbocycles. The summed E-state index contributed by atoms with van der Waals surface area (Å²) >= 11 is 12.0. The Morgan fingerprint density at radius 3 is 2.27 bits per heavy atom. The number of halogens is 2. The van der Waals surface area contributed by atoms with Crippen molar-refractivity contribution in [2.45, 2.75) is 46.3 Å². The van der Waals surface area contributed by atoms with E-state index in [4.69, 9.17) is 23.2 Å². The van der Waals surface area contributed by atoms with Gasteiger partial charge in [0.25, 0.3) is 5.91 Å². The van der Waals surface area contributed by atoms with Gasteiger partial charge in [-0.1, -0.05) is 62.2 Å². The van der Waals surface area contributed by atoms with Gasteiger partial charge in [0.1, 0.15) is 5.60 Å². The van der Waals surface area contributed by atoms with E-state index < -0.39 is 11.5 Å². The van der Waals surface area contributed by atoms with Crippen LogP contribution in [0.3, 0.4) is 0 Å². The van der Waals surface area contributed by atoms with Crippen LogP contribution in [0.25, 0.3) is 6.08 Å². The minimum Gasteiger partial charge on any atom is -0.381 e. The van der Waals surface area contributed by atoms with Crippen LogP contribution in [0.15, 0.2) is 24.3 Å². The van der Waals surface area contributed by atoms with E-state index in [0.29, 0.717) is 10.0 Å². The van der Waals surface area contributed by atoms with E-state index in [2.05, 4.69) is 5.32 Å². The smallest absolute Gasteiger partial charge is 0.251 e. The molecule has 0 saturated carbocycles. The quantitative estimate of drug-likeness (QED) is 0.855. The van der Waals surface area contributed by atoms with Gasteiger partial charge in [-0.2, -0.15) is 0 Å². The van der Waals surface area contributed by atoms with Gasteiger partial charge in [-0.25, -0.2) is 0 Å². The Balaban J connectivity index is 2.99. The Morgan fingerprint density at radius 1 is 1.23 bits per heavy atom. The van der Waals surface area contributed by atoms with E-state index in [1.165, 1.54) is 13.8 Å². The molecule has 0 aliphatic heterocycles. The second kappa shape index (κ2) is 7.03. The molecule has 1 rings (SSSR count). The zero-order valence-electron chi connectivity index (χ0n) is 13.6. The molecule has 2 N–H and O–H groups in total. The van der Waals surface area contributed by atoms with Gasteiger partial charge in [0.05, 0.1) is 6.04 Å². The predicted octanol–water partition coefficient (Wildman–Crippen LogP) is 4.31. The van der Waals surface area contributed by atoms with Gasteiger partial charge < -0.3 is 10.4 Å². The normalized spacial score (nSPS) is 14.2. The monoisotopic (exact) mass is 343 g/mol. The van der Waals surface area contributed by atoms with Crippen LogP contribution in [-0.4, -0.2) is 22.7 Å². The van der Waals surface area contributed by atoms with E-state index in [-0.39, 0.29) is 11.5 Å². The third-order valence-electron chi connectivity index (χ3n) is 3.21. The summed E-state index contributed by atoms with van der Waals surface area (Å²) in [6.45, 7) is 8.95. The molecule has 1 atom stereocenters.